The molecule has 7 nitrogen and oxygen atoms in total. The van der Waals surface area contributed by atoms with Gasteiger partial charge in [0, 0.05) is 6.54 Å². The number of amides is 1. The fourth-order valence-corrected chi connectivity index (χ4v) is 4.19. The van der Waals surface area contributed by atoms with Crippen LogP contribution in [0.2, 0.25) is 0 Å². The standard InChI is InChI=1S/C21H22N2O5S/c1-6-12-23-17-14(25-2)10-11-16(27-4)19(17)29-21(23)22-20(24)13-8-7-9-15(26-3)18(13)28-5/h6-11H,1,12H2,2-5H3. The highest BCUT2D eigenvalue weighted by molar-refractivity contribution is 7.16. The Hall–Kier alpha value is -3.26. The molecule has 0 saturated carbocycles. The number of ether oxygens (including phenoxy) is 4. The van der Waals surface area contributed by atoms with Crippen LogP contribution in [0.5, 0.6) is 23.0 Å². The van der Waals surface area contributed by atoms with Crippen LogP contribution < -0.4 is 23.7 Å². The molecule has 0 spiro atoms. The molecule has 0 aliphatic carbocycles. The van der Waals surface area contributed by atoms with Gasteiger partial charge in [0.05, 0.1) is 34.0 Å². The van der Waals surface area contributed by atoms with Gasteiger partial charge < -0.3 is 23.5 Å². The molecule has 29 heavy (non-hydrogen) atoms. The van der Waals surface area contributed by atoms with E-state index in [1.807, 2.05) is 16.7 Å². The van der Waals surface area contributed by atoms with Crippen LogP contribution in [0.3, 0.4) is 0 Å². The minimum absolute atomic E-state index is 0.313. The Balaban J connectivity index is 2.27. The first-order chi connectivity index (χ1) is 14.1. The molecule has 0 fully saturated rings. The lowest BCUT2D eigenvalue weighted by molar-refractivity contribution is 0.0994. The predicted octanol–water partition coefficient (Wildman–Crippen LogP) is 3.66. The molecule has 0 radical (unpaired) electrons. The quantitative estimate of drug-likeness (QED) is 0.552. The SMILES string of the molecule is C=CCn1c(=NC(=O)c2cccc(OC)c2OC)sc2c(OC)ccc(OC)c21. The summed E-state index contributed by atoms with van der Waals surface area (Å²) in [5, 5.41) is 0. The number of benzene rings is 2. The molecule has 1 aromatic heterocycles. The second-order valence-electron chi connectivity index (χ2n) is 5.89. The predicted molar refractivity (Wildman–Crippen MR) is 113 cm³/mol. The van der Waals surface area contributed by atoms with Crippen LogP contribution in [0.25, 0.3) is 10.2 Å². The smallest absolute Gasteiger partial charge is 0.283 e. The van der Waals surface area contributed by atoms with Crippen molar-refractivity contribution in [2.45, 2.75) is 6.54 Å². The average Bonchev–Trinajstić information content (AvgIpc) is 3.10. The van der Waals surface area contributed by atoms with Crippen LogP contribution >= 0.6 is 11.3 Å². The maximum Gasteiger partial charge on any atom is 0.283 e. The number of hydrogen-bond acceptors (Lipinski definition) is 6. The zero-order chi connectivity index (χ0) is 21.0. The largest absolute Gasteiger partial charge is 0.495 e. The molecule has 3 rings (SSSR count). The maximum atomic E-state index is 13.0. The molecule has 0 unspecified atom stereocenters. The average molecular weight is 414 g/mol. The van der Waals surface area contributed by atoms with Gasteiger partial charge in [-0.25, -0.2) is 0 Å². The summed E-state index contributed by atoms with van der Waals surface area (Å²) in [5.74, 6) is 1.70. The van der Waals surface area contributed by atoms with Crippen molar-refractivity contribution in [1.29, 1.82) is 0 Å². The molecule has 8 heteroatoms. The number of hydrogen-bond donors (Lipinski definition) is 0. The van der Waals surface area contributed by atoms with Gasteiger partial charge in [0.25, 0.3) is 5.91 Å². The van der Waals surface area contributed by atoms with Crippen LogP contribution in [-0.2, 0) is 6.54 Å². The normalized spacial score (nSPS) is 11.4. The minimum atomic E-state index is -0.442. The Kier molecular flexibility index (Phi) is 6.23. The van der Waals surface area contributed by atoms with E-state index in [0.29, 0.717) is 39.9 Å². The van der Waals surface area contributed by atoms with Gasteiger partial charge in [-0.1, -0.05) is 23.5 Å². The topological polar surface area (TPSA) is 71.3 Å². The van der Waals surface area contributed by atoms with Gasteiger partial charge in [0.15, 0.2) is 16.3 Å². The summed E-state index contributed by atoms with van der Waals surface area (Å²) in [5.41, 5.74) is 1.11. The second kappa shape index (κ2) is 8.83. The van der Waals surface area contributed by atoms with E-state index in [1.54, 1.807) is 38.5 Å². The number of rotatable bonds is 7. The van der Waals surface area contributed by atoms with E-state index < -0.39 is 5.91 Å². The molecular weight excluding hydrogens is 392 g/mol. The Morgan fingerprint density at radius 3 is 2.34 bits per heavy atom. The van der Waals surface area contributed by atoms with Crippen molar-refractivity contribution in [1.82, 2.24) is 4.57 Å². The van der Waals surface area contributed by atoms with Gasteiger partial charge in [0.1, 0.15) is 21.7 Å². The summed E-state index contributed by atoms with van der Waals surface area (Å²) in [6.07, 6.45) is 1.74. The van der Waals surface area contributed by atoms with Crippen LogP contribution in [0, 0.1) is 0 Å². The highest BCUT2D eigenvalue weighted by atomic mass is 32.1. The van der Waals surface area contributed by atoms with Crippen molar-refractivity contribution in [3.05, 3.63) is 53.4 Å². The first-order valence-electron chi connectivity index (χ1n) is 8.74. The third-order valence-electron chi connectivity index (χ3n) is 4.33. The number of thiazole rings is 1. The number of carbonyl (C=O) groups excluding carboxylic acids is 1. The van der Waals surface area contributed by atoms with E-state index in [-0.39, 0.29) is 0 Å². The minimum Gasteiger partial charge on any atom is -0.495 e. The molecule has 0 aliphatic heterocycles. The number of fused-ring (bicyclic) bond motifs is 1. The Labute approximate surface area is 172 Å². The number of carbonyl (C=O) groups is 1. The first-order valence-corrected chi connectivity index (χ1v) is 9.56. The number of aromatic nitrogens is 1. The number of nitrogens with zero attached hydrogens (tertiary/aromatic N) is 2. The second-order valence-corrected chi connectivity index (χ2v) is 6.87. The van der Waals surface area contributed by atoms with Gasteiger partial charge in [-0.15, -0.1) is 6.58 Å². The van der Waals surface area contributed by atoms with Crippen molar-refractivity contribution in [2.24, 2.45) is 4.99 Å². The zero-order valence-electron chi connectivity index (χ0n) is 16.7. The van der Waals surface area contributed by atoms with Gasteiger partial charge in [0.2, 0.25) is 0 Å². The van der Waals surface area contributed by atoms with E-state index >= 15 is 0 Å². The lowest BCUT2D eigenvalue weighted by Crippen LogP contribution is -2.17. The van der Waals surface area contributed by atoms with Gasteiger partial charge in [-0.05, 0) is 24.3 Å². The Morgan fingerprint density at radius 2 is 1.72 bits per heavy atom. The van der Waals surface area contributed by atoms with Gasteiger partial charge >= 0.3 is 0 Å². The van der Waals surface area contributed by atoms with Gasteiger partial charge in [-0.3, -0.25) is 4.79 Å². The highest BCUT2D eigenvalue weighted by Gasteiger charge is 2.19. The van der Waals surface area contributed by atoms with Crippen LogP contribution in [-0.4, -0.2) is 38.9 Å². The van der Waals surface area contributed by atoms with Crippen molar-refractivity contribution in [3.8, 4) is 23.0 Å². The summed E-state index contributed by atoms with van der Waals surface area (Å²) in [6, 6.07) is 8.75. The molecule has 0 bridgehead atoms. The molecule has 1 amide bonds. The molecule has 0 aliphatic rings. The van der Waals surface area contributed by atoms with Crippen LogP contribution in [0.15, 0.2) is 48.0 Å². The van der Waals surface area contributed by atoms with Crippen molar-refractivity contribution >= 4 is 27.5 Å². The van der Waals surface area contributed by atoms with Crippen LogP contribution in [0.1, 0.15) is 10.4 Å². The van der Waals surface area contributed by atoms with Crippen LogP contribution in [0.4, 0.5) is 0 Å². The Bertz CT molecular complexity index is 1130. The third kappa shape index (κ3) is 3.71. The molecule has 2 aromatic carbocycles. The lowest BCUT2D eigenvalue weighted by Gasteiger charge is -2.10. The Morgan fingerprint density at radius 1 is 1.03 bits per heavy atom. The van der Waals surface area contributed by atoms with E-state index in [9.17, 15) is 4.79 Å². The molecular formula is C21H22N2O5S. The summed E-state index contributed by atoms with van der Waals surface area (Å²) in [6.45, 7) is 4.27. The molecule has 0 N–H and O–H groups in total. The molecule has 0 atom stereocenters. The molecule has 0 saturated heterocycles. The van der Waals surface area contributed by atoms with E-state index in [4.69, 9.17) is 18.9 Å². The fraction of sp³-hybridized carbons (Fsp3) is 0.238. The number of allylic oxidation sites excluding steroid dienone is 1. The fourth-order valence-electron chi connectivity index (χ4n) is 3.04. The van der Waals surface area contributed by atoms with Crippen molar-refractivity contribution < 1.29 is 23.7 Å². The zero-order valence-corrected chi connectivity index (χ0v) is 17.5. The lowest BCUT2D eigenvalue weighted by atomic mass is 10.2. The van der Waals surface area contributed by atoms with E-state index in [0.717, 1.165) is 10.2 Å². The summed E-state index contributed by atoms with van der Waals surface area (Å²) in [4.78, 5) is 17.9. The summed E-state index contributed by atoms with van der Waals surface area (Å²) >= 11 is 1.34. The van der Waals surface area contributed by atoms with E-state index in [2.05, 4.69) is 11.6 Å². The number of para-hydroxylation sites is 1. The van der Waals surface area contributed by atoms with Gasteiger partial charge in [-0.2, -0.15) is 4.99 Å². The monoisotopic (exact) mass is 414 g/mol. The molecule has 3 aromatic rings. The summed E-state index contributed by atoms with van der Waals surface area (Å²) in [7, 11) is 6.20. The maximum absolute atomic E-state index is 13.0. The summed E-state index contributed by atoms with van der Waals surface area (Å²) < 4.78 is 24.4. The number of methoxy groups -OCH3 is 4. The molecule has 152 valence electrons. The molecule has 1 heterocycles. The van der Waals surface area contributed by atoms with Crippen molar-refractivity contribution in [3.63, 3.8) is 0 Å². The first kappa shape index (κ1) is 20.5. The highest BCUT2D eigenvalue weighted by Crippen LogP contribution is 2.35. The van der Waals surface area contributed by atoms with Crippen molar-refractivity contribution in [2.75, 3.05) is 28.4 Å². The van der Waals surface area contributed by atoms with E-state index in [1.165, 1.54) is 25.6 Å². The third-order valence-corrected chi connectivity index (χ3v) is 5.43.